The summed E-state index contributed by atoms with van der Waals surface area (Å²) in [5, 5.41) is 12.1. The maximum absolute atomic E-state index is 11.0. The average Bonchev–Trinajstić information content (AvgIpc) is 2.99. The molecule has 92 valence electrons. The Balaban J connectivity index is 1.83. The van der Waals surface area contributed by atoms with Crippen LogP contribution in [0.15, 0.2) is 36.5 Å². The van der Waals surface area contributed by atoms with E-state index in [4.69, 9.17) is 0 Å². The molecule has 3 unspecified atom stereocenters. The van der Waals surface area contributed by atoms with Gasteiger partial charge in [-0.05, 0) is 55.2 Å². The van der Waals surface area contributed by atoms with Crippen molar-refractivity contribution in [2.24, 2.45) is 11.8 Å². The van der Waals surface area contributed by atoms with Gasteiger partial charge in [-0.1, -0.05) is 18.2 Å². The van der Waals surface area contributed by atoms with Gasteiger partial charge in [0.05, 0.1) is 11.1 Å². The molecule has 2 nitrogen and oxygen atoms in total. The molecular weight excluding hydrogens is 222 g/mol. The first-order valence-corrected chi connectivity index (χ1v) is 6.83. The molecule has 2 aliphatic carbocycles. The molecule has 0 aliphatic heterocycles. The van der Waals surface area contributed by atoms with Crippen molar-refractivity contribution >= 4 is 10.9 Å². The SMILES string of the molecule is OC1(c2ccc3cccnc3c2)CC2CCC1C2. The van der Waals surface area contributed by atoms with Crippen LogP contribution in [0.2, 0.25) is 0 Å². The van der Waals surface area contributed by atoms with E-state index in [2.05, 4.69) is 29.2 Å². The van der Waals surface area contributed by atoms with Gasteiger partial charge in [0.25, 0.3) is 0 Å². The largest absolute Gasteiger partial charge is 0.385 e. The Hall–Kier alpha value is -1.41. The molecule has 1 aromatic heterocycles. The summed E-state index contributed by atoms with van der Waals surface area (Å²) in [6, 6.07) is 10.3. The number of aliphatic hydroxyl groups is 1. The van der Waals surface area contributed by atoms with Crippen molar-refractivity contribution in [1.29, 1.82) is 0 Å². The second-order valence-electron chi connectivity index (χ2n) is 5.92. The fraction of sp³-hybridized carbons (Fsp3) is 0.438. The Morgan fingerprint density at radius 1 is 1.22 bits per heavy atom. The van der Waals surface area contributed by atoms with Crippen molar-refractivity contribution in [3.63, 3.8) is 0 Å². The van der Waals surface area contributed by atoms with Crippen LogP contribution in [0.4, 0.5) is 0 Å². The smallest absolute Gasteiger partial charge is 0.0928 e. The van der Waals surface area contributed by atoms with Crippen LogP contribution in [0.5, 0.6) is 0 Å². The average molecular weight is 239 g/mol. The highest BCUT2D eigenvalue weighted by Gasteiger charge is 2.50. The Morgan fingerprint density at radius 3 is 2.94 bits per heavy atom. The van der Waals surface area contributed by atoms with Gasteiger partial charge < -0.3 is 5.11 Å². The van der Waals surface area contributed by atoms with Gasteiger partial charge in [-0.25, -0.2) is 0 Å². The van der Waals surface area contributed by atoms with Crippen LogP contribution < -0.4 is 0 Å². The molecule has 0 amide bonds. The van der Waals surface area contributed by atoms with E-state index in [-0.39, 0.29) is 0 Å². The molecule has 2 aliphatic rings. The van der Waals surface area contributed by atoms with Crippen molar-refractivity contribution < 1.29 is 5.11 Å². The summed E-state index contributed by atoms with van der Waals surface area (Å²) in [5.74, 6) is 1.20. The fourth-order valence-electron chi connectivity index (χ4n) is 3.99. The Labute approximate surface area is 107 Å². The summed E-state index contributed by atoms with van der Waals surface area (Å²) in [6.45, 7) is 0. The third-order valence-corrected chi connectivity index (χ3v) is 4.92. The number of benzene rings is 1. The summed E-state index contributed by atoms with van der Waals surface area (Å²) >= 11 is 0. The highest BCUT2D eigenvalue weighted by Crippen LogP contribution is 2.55. The number of aromatic nitrogens is 1. The van der Waals surface area contributed by atoms with Crippen LogP contribution in [-0.4, -0.2) is 10.1 Å². The van der Waals surface area contributed by atoms with E-state index in [1.165, 1.54) is 19.3 Å². The van der Waals surface area contributed by atoms with E-state index >= 15 is 0 Å². The van der Waals surface area contributed by atoms with Gasteiger partial charge in [0, 0.05) is 11.6 Å². The molecule has 2 heteroatoms. The number of hydrogen-bond donors (Lipinski definition) is 1. The highest BCUT2D eigenvalue weighted by atomic mass is 16.3. The van der Waals surface area contributed by atoms with E-state index < -0.39 is 5.60 Å². The fourth-order valence-corrected chi connectivity index (χ4v) is 3.99. The molecule has 1 heterocycles. The normalized spacial score (nSPS) is 34.3. The molecule has 18 heavy (non-hydrogen) atoms. The standard InChI is InChI=1S/C16H17NO/c18-16(10-11-3-5-13(16)8-11)14-6-4-12-2-1-7-17-15(12)9-14/h1-2,4,6-7,9,11,13,18H,3,5,8,10H2. The third kappa shape index (κ3) is 1.36. The highest BCUT2D eigenvalue weighted by molar-refractivity contribution is 5.79. The van der Waals surface area contributed by atoms with E-state index in [0.717, 1.165) is 28.8 Å². The van der Waals surface area contributed by atoms with Crippen molar-refractivity contribution in [2.75, 3.05) is 0 Å². The number of rotatable bonds is 1. The Bertz CT molecular complexity index is 609. The lowest BCUT2D eigenvalue weighted by Crippen LogP contribution is -2.32. The zero-order valence-electron chi connectivity index (χ0n) is 10.3. The van der Waals surface area contributed by atoms with Gasteiger partial charge in [0.15, 0.2) is 0 Å². The molecule has 2 fully saturated rings. The molecule has 3 atom stereocenters. The molecule has 4 rings (SSSR count). The van der Waals surface area contributed by atoms with Crippen LogP contribution in [0.25, 0.3) is 10.9 Å². The predicted octanol–water partition coefficient (Wildman–Crippen LogP) is 3.24. The minimum atomic E-state index is -0.589. The lowest BCUT2D eigenvalue weighted by molar-refractivity contribution is -0.0181. The van der Waals surface area contributed by atoms with Gasteiger partial charge in [0.2, 0.25) is 0 Å². The first-order valence-electron chi connectivity index (χ1n) is 6.83. The minimum Gasteiger partial charge on any atom is -0.385 e. The van der Waals surface area contributed by atoms with Crippen molar-refractivity contribution in [1.82, 2.24) is 4.98 Å². The monoisotopic (exact) mass is 239 g/mol. The first-order chi connectivity index (χ1) is 8.75. The molecule has 0 saturated heterocycles. The number of nitrogens with zero attached hydrogens (tertiary/aromatic N) is 1. The molecule has 1 N–H and O–H groups in total. The molecule has 1 aromatic carbocycles. The molecule has 0 radical (unpaired) electrons. The van der Waals surface area contributed by atoms with Crippen LogP contribution >= 0.6 is 0 Å². The van der Waals surface area contributed by atoms with Crippen molar-refractivity contribution in [3.8, 4) is 0 Å². The molecular formula is C16H17NO. The van der Waals surface area contributed by atoms with Crippen molar-refractivity contribution in [2.45, 2.75) is 31.3 Å². The van der Waals surface area contributed by atoms with Crippen LogP contribution in [0, 0.1) is 11.8 Å². The third-order valence-electron chi connectivity index (χ3n) is 4.92. The second kappa shape index (κ2) is 3.55. The van der Waals surface area contributed by atoms with Crippen LogP contribution in [0.1, 0.15) is 31.2 Å². The van der Waals surface area contributed by atoms with Gasteiger partial charge >= 0.3 is 0 Å². The van der Waals surface area contributed by atoms with Gasteiger partial charge in [-0.2, -0.15) is 0 Å². The number of hydrogen-bond acceptors (Lipinski definition) is 2. The minimum absolute atomic E-state index is 0.462. The zero-order chi connectivity index (χ0) is 12.2. The molecule has 2 saturated carbocycles. The zero-order valence-corrected chi connectivity index (χ0v) is 10.3. The lowest BCUT2D eigenvalue weighted by atomic mass is 9.79. The summed E-state index contributed by atoms with van der Waals surface area (Å²) in [4.78, 5) is 4.40. The maximum Gasteiger partial charge on any atom is 0.0928 e. The first kappa shape index (κ1) is 10.5. The quantitative estimate of drug-likeness (QED) is 0.828. The number of fused-ring (bicyclic) bond motifs is 3. The van der Waals surface area contributed by atoms with E-state index in [1.807, 2.05) is 12.3 Å². The second-order valence-corrected chi connectivity index (χ2v) is 5.92. The maximum atomic E-state index is 11.0. The molecule has 0 spiro atoms. The molecule has 2 aromatic rings. The van der Waals surface area contributed by atoms with E-state index in [9.17, 15) is 5.11 Å². The molecule has 2 bridgehead atoms. The summed E-state index contributed by atoms with van der Waals surface area (Å²) < 4.78 is 0. The van der Waals surface area contributed by atoms with Crippen LogP contribution in [-0.2, 0) is 5.60 Å². The summed E-state index contributed by atoms with van der Waals surface area (Å²) in [7, 11) is 0. The van der Waals surface area contributed by atoms with Crippen LogP contribution in [0.3, 0.4) is 0 Å². The van der Waals surface area contributed by atoms with Gasteiger partial charge in [-0.3, -0.25) is 4.98 Å². The van der Waals surface area contributed by atoms with Gasteiger partial charge in [0.1, 0.15) is 0 Å². The topological polar surface area (TPSA) is 33.1 Å². The van der Waals surface area contributed by atoms with Gasteiger partial charge in [-0.15, -0.1) is 0 Å². The Morgan fingerprint density at radius 2 is 2.17 bits per heavy atom. The number of pyridine rings is 1. The van der Waals surface area contributed by atoms with Crippen molar-refractivity contribution in [3.05, 3.63) is 42.1 Å². The Kier molecular flexibility index (Phi) is 2.07. The lowest BCUT2D eigenvalue weighted by Gasteiger charge is -2.33. The van der Waals surface area contributed by atoms with E-state index in [1.54, 1.807) is 0 Å². The van der Waals surface area contributed by atoms with E-state index in [0.29, 0.717) is 5.92 Å². The predicted molar refractivity (Wildman–Crippen MR) is 71.1 cm³/mol. The summed E-state index contributed by atoms with van der Waals surface area (Å²) in [5.41, 5.74) is 1.47. The summed E-state index contributed by atoms with van der Waals surface area (Å²) in [6.07, 6.45) is 6.45.